The molecule has 1 fully saturated rings. The van der Waals surface area contributed by atoms with E-state index in [1.165, 1.54) is 13.8 Å². The van der Waals surface area contributed by atoms with Crippen molar-refractivity contribution in [3.8, 4) is 0 Å². The highest BCUT2D eigenvalue weighted by atomic mass is 19.4. The van der Waals surface area contributed by atoms with Crippen LogP contribution in [0.1, 0.15) is 66.7 Å². The van der Waals surface area contributed by atoms with Gasteiger partial charge in [0.2, 0.25) is 5.60 Å². The molecule has 0 aromatic heterocycles. The third-order valence-corrected chi connectivity index (χ3v) is 4.27. The molecule has 0 radical (unpaired) electrons. The van der Waals surface area contributed by atoms with E-state index in [1.54, 1.807) is 13.8 Å². The van der Waals surface area contributed by atoms with Crippen molar-refractivity contribution < 1.29 is 27.8 Å². The Morgan fingerprint density at radius 2 is 1.67 bits per heavy atom. The molecule has 1 aliphatic heterocycles. The molecule has 6 heteroatoms. The van der Waals surface area contributed by atoms with Crippen molar-refractivity contribution in [2.75, 3.05) is 0 Å². The first-order valence-electron chi connectivity index (χ1n) is 7.57. The van der Waals surface area contributed by atoms with Crippen molar-refractivity contribution in [2.45, 2.75) is 96.0 Å². The van der Waals surface area contributed by atoms with Crippen LogP contribution < -0.4 is 0 Å². The second-order valence-electron chi connectivity index (χ2n) is 6.57. The SMILES string of the molecule is CCCCCC[C@]1(C)OC(C)(C)O[C@@H](C)[C@]1(O)C(F)(F)F. The lowest BCUT2D eigenvalue weighted by Crippen LogP contribution is -2.74. The number of aliphatic hydroxyl groups is 1. The normalized spacial score (nSPS) is 36.7. The summed E-state index contributed by atoms with van der Waals surface area (Å²) in [6, 6.07) is 0. The summed E-state index contributed by atoms with van der Waals surface area (Å²) < 4.78 is 51.3. The number of unbranched alkanes of at least 4 members (excludes halogenated alkanes) is 3. The van der Waals surface area contributed by atoms with Gasteiger partial charge in [0.1, 0.15) is 5.60 Å². The third kappa shape index (κ3) is 3.54. The van der Waals surface area contributed by atoms with Gasteiger partial charge in [0.25, 0.3) is 0 Å². The first kappa shape index (κ1) is 18.7. The smallest absolute Gasteiger partial charge is 0.376 e. The number of alkyl halides is 3. The van der Waals surface area contributed by atoms with Gasteiger partial charge in [-0.05, 0) is 34.1 Å². The van der Waals surface area contributed by atoms with Crippen molar-refractivity contribution in [3.63, 3.8) is 0 Å². The van der Waals surface area contributed by atoms with Crippen LogP contribution in [-0.2, 0) is 9.47 Å². The van der Waals surface area contributed by atoms with Gasteiger partial charge in [-0.3, -0.25) is 0 Å². The zero-order valence-electron chi connectivity index (χ0n) is 13.5. The van der Waals surface area contributed by atoms with E-state index in [-0.39, 0.29) is 6.42 Å². The van der Waals surface area contributed by atoms with Crippen molar-refractivity contribution in [1.29, 1.82) is 0 Å². The molecule has 21 heavy (non-hydrogen) atoms. The van der Waals surface area contributed by atoms with Gasteiger partial charge in [-0.2, -0.15) is 13.2 Å². The molecule has 0 unspecified atom stereocenters. The fourth-order valence-electron chi connectivity index (χ4n) is 3.25. The molecule has 1 aliphatic rings. The third-order valence-electron chi connectivity index (χ3n) is 4.27. The van der Waals surface area contributed by atoms with Gasteiger partial charge in [-0.1, -0.05) is 32.6 Å². The predicted octanol–water partition coefficient (Wildman–Crippen LogP) is 4.18. The van der Waals surface area contributed by atoms with Gasteiger partial charge < -0.3 is 14.6 Å². The van der Waals surface area contributed by atoms with Gasteiger partial charge in [0, 0.05) is 0 Å². The molecule has 0 spiro atoms. The summed E-state index contributed by atoms with van der Waals surface area (Å²) in [5.41, 5.74) is -4.73. The van der Waals surface area contributed by atoms with Crippen LogP contribution in [-0.4, -0.2) is 34.4 Å². The zero-order valence-corrected chi connectivity index (χ0v) is 13.5. The molecular weight excluding hydrogens is 285 g/mol. The van der Waals surface area contributed by atoms with E-state index in [1.807, 2.05) is 6.92 Å². The molecule has 1 N–H and O–H groups in total. The highest BCUT2D eigenvalue weighted by molar-refractivity contribution is 5.10. The second kappa shape index (κ2) is 6.05. The number of halogens is 3. The minimum atomic E-state index is -4.82. The van der Waals surface area contributed by atoms with E-state index in [9.17, 15) is 18.3 Å². The average Bonchev–Trinajstić information content (AvgIpc) is 2.29. The highest BCUT2D eigenvalue weighted by Crippen LogP contribution is 2.51. The number of ether oxygens (including phenoxy) is 2. The fraction of sp³-hybridized carbons (Fsp3) is 1.00. The molecule has 1 heterocycles. The van der Waals surface area contributed by atoms with E-state index in [0.29, 0.717) is 6.42 Å². The van der Waals surface area contributed by atoms with Gasteiger partial charge in [0.15, 0.2) is 5.79 Å². The maximum atomic E-state index is 13.5. The van der Waals surface area contributed by atoms with E-state index in [4.69, 9.17) is 9.47 Å². The maximum Gasteiger partial charge on any atom is 0.422 e. The lowest BCUT2D eigenvalue weighted by molar-refractivity contribution is -0.445. The summed E-state index contributed by atoms with van der Waals surface area (Å²) in [4.78, 5) is 0. The number of hydrogen-bond donors (Lipinski definition) is 1. The Kier molecular flexibility index (Phi) is 5.39. The molecular formula is C15H27F3O3. The predicted molar refractivity (Wildman–Crippen MR) is 73.9 cm³/mol. The quantitative estimate of drug-likeness (QED) is 0.774. The summed E-state index contributed by atoms with van der Waals surface area (Å²) >= 11 is 0. The molecule has 1 saturated heterocycles. The van der Waals surface area contributed by atoms with Gasteiger partial charge in [0.05, 0.1) is 6.10 Å². The summed E-state index contributed by atoms with van der Waals surface area (Å²) in [6.45, 7) is 7.77. The zero-order chi connectivity index (χ0) is 16.5. The molecule has 0 aromatic carbocycles. The Morgan fingerprint density at radius 1 is 1.10 bits per heavy atom. The van der Waals surface area contributed by atoms with Crippen molar-refractivity contribution in [2.24, 2.45) is 0 Å². The minimum Gasteiger partial charge on any atom is -0.376 e. The lowest BCUT2D eigenvalue weighted by atomic mass is 9.74. The molecule has 0 bridgehead atoms. The van der Waals surface area contributed by atoms with Crippen LogP contribution in [0.3, 0.4) is 0 Å². The minimum absolute atomic E-state index is 0.139. The maximum absolute atomic E-state index is 13.5. The van der Waals surface area contributed by atoms with Crippen LogP contribution in [0.5, 0.6) is 0 Å². The fourth-order valence-corrected chi connectivity index (χ4v) is 3.25. The van der Waals surface area contributed by atoms with Gasteiger partial charge >= 0.3 is 6.18 Å². The van der Waals surface area contributed by atoms with Crippen molar-refractivity contribution in [1.82, 2.24) is 0 Å². The molecule has 1 rings (SSSR count). The van der Waals surface area contributed by atoms with E-state index in [0.717, 1.165) is 19.3 Å². The van der Waals surface area contributed by atoms with Gasteiger partial charge in [-0.25, -0.2) is 0 Å². The monoisotopic (exact) mass is 312 g/mol. The standard InChI is InChI=1S/C15H27F3O3/c1-6-7-8-9-10-13(5)14(19,15(16,17)18)11(2)20-12(3,4)21-13/h11,19H,6-10H2,1-5H3/t11-,13-,14+/m0/s1. The highest BCUT2D eigenvalue weighted by Gasteiger charge is 2.71. The summed E-state index contributed by atoms with van der Waals surface area (Å²) in [6.07, 6.45) is -2.73. The largest absolute Gasteiger partial charge is 0.422 e. The van der Waals surface area contributed by atoms with E-state index < -0.39 is 29.3 Å². The average molecular weight is 312 g/mol. The number of hydrogen-bond acceptors (Lipinski definition) is 3. The Morgan fingerprint density at radius 3 is 2.14 bits per heavy atom. The van der Waals surface area contributed by atoms with E-state index >= 15 is 0 Å². The Hall–Kier alpha value is -0.330. The summed E-state index contributed by atoms with van der Waals surface area (Å²) in [5, 5.41) is 10.4. The first-order valence-corrected chi connectivity index (χ1v) is 7.57. The molecule has 3 nitrogen and oxygen atoms in total. The molecule has 3 atom stereocenters. The Bertz CT molecular complexity index is 357. The van der Waals surface area contributed by atoms with Crippen LogP contribution in [0.2, 0.25) is 0 Å². The molecule has 0 aliphatic carbocycles. The Balaban J connectivity index is 3.06. The van der Waals surface area contributed by atoms with Crippen LogP contribution in [0.15, 0.2) is 0 Å². The summed E-state index contributed by atoms with van der Waals surface area (Å²) in [5.74, 6) is -1.16. The van der Waals surface area contributed by atoms with Crippen molar-refractivity contribution >= 4 is 0 Å². The first-order chi connectivity index (χ1) is 9.40. The topological polar surface area (TPSA) is 38.7 Å². The summed E-state index contributed by atoms with van der Waals surface area (Å²) in [7, 11) is 0. The van der Waals surface area contributed by atoms with Gasteiger partial charge in [-0.15, -0.1) is 0 Å². The number of rotatable bonds is 5. The molecule has 0 saturated carbocycles. The van der Waals surface area contributed by atoms with Crippen LogP contribution >= 0.6 is 0 Å². The second-order valence-corrected chi connectivity index (χ2v) is 6.57. The van der Waals surface area contributed by atoms with Crippen LogP contribution in [0.25, 0.3) is 0 Å². The van der Waals surface area contributed by atoms with Crippen molar-refractivity contribution in [3.05, 3.63) is 0 Å². The molecule has 0 aromatic rings. The molecule has 126 valence electrons. The molecule has 0 amide bonds. The lowest BCUT2D eigenvalue weighted by Gasteiger charge is -2.56. The van der Waals surface area contributed by atoms with E-state index in [2.05, 4.69) is 0 Å². The van der Waals surface area contributed by atoms with Crippen LogP contribution in [0.4, 0.5) is 13.2 Å². The van der Waals surface area contributed by atoms with Crippen LogP contribution in [0, 0.1) is 0 Å². The Labute approximate surface area is 124 Å².